The lowest BCUT2D eigenvalue weighted by Crippen LogP contribution is -2.30. The zero-order valence-corrected chi connectivity index (χ0v) is 42.3. The van der Waals surface area contributed by atoms with E-state index in [-0.39, 0.29) is 31.1 Å². The van der Waals surface area contributed by atoms with Crippen LogP contribution in [0.2, 0.25) is 0 Å². The summed E-state index contributed by atoms with van der Waals surface area (Å²) in [5.74, 6) is 0.0142. The Kier molecular flexibility index (Phi) is 49.1. The van der Waals surface area contributed by atoms with Crippen molar-refractivity contribution < 1.29 is 28.6 Å². The van der Waals surface area contributed by atoms with Crippen LogP contribution < -0.4 is 0 Å². The van der Waals surface area contributed by atoms with Gasteiger partial charge in [0.05, 0.1) is 0 Å². The summed E-state index contributed by atoms with van der Waals surface area (Å²) in [6.45, 7) is 9.05. The van der Waals surface area contributed by atoms with Crippen molar-refractivity contribution in [3.05, 3.63) is 0 Å². The summed E-state index contributed by atoms with van der Waals surface area (Å²) >= 11 is 0. The number of hydrogen-bond acceptors (Lipinski definition) is 6. The topological polar surface area (TPSA) is 78.9 Å². The Hall–Kier alpha value is -1.59. The van der Waals surface area contributed by atoms with Crippen molar-refractivity contribution in [3.63, 3.8) is 0 Å². The number of esters is 3. The molecule has 6 heteroatoms. The van der Waals surface area contributed by atoms with Gasteiger partial charge < -0.3 is 14.2 Å². The molecule has 0 aromatic carbocycles. The van der Waals surface area contributed by atoms with E-state index in [2.05, 4.69) is 27.7 Å². The molecule has 0 bridgehead atoms. The second kappa shape index (κ2) is 50.4. The Labute approximate surface area is 387 Å². The van der Waals surface area contributed by atoms with Crippen LogP contribution >= 0.6 is 0 Å². The number of rotatable bonds is 51. The monoisotopic (exact) mass is 877 g/mol. The molecule has 1 atom stereocenters. The summed E-state index contributed by atoms with van der Waals surface area (Å²) in [5, 5.41) is 0. The number of unbranched alkanes of at least 4 members (excludes halogenated alkanes) is 38. The summed E-state index contributed by atoms with van der Waals surface area (Å²) in [6, 6.07) is 0. The van der Waals surface area contributed by atoms with Gasteiger partial charge in [0.25, 0.3) is 0 Å². The van der Waals surface area contributed by atoms with E-state index in [1.807, 2.05) is 0 Å². The van der Waals surface area contributed by atoms with Gasteiger partial charge in [-0.25, -0.2) is 0 Å². The molecule has 62 heavy (non-hydrogen) atoms. The molecule has 0 radical (unpaired) electrons. The van der Waals surface area contributed by atoms with Gasteiger partial charge in [0.2, 0.25) is 0 Å². The minimum Gasteiger partial charge on any atom is -0.462 e. The molecule has 0 aliphatic rings. The van der Waals surface area contributed by atoms with Crippen molar-refractivity contribution in [2.45, 2.75) is 323 Å². The van der Waals surface area contributed by atoms with Crippen LogP contribution in [0.1, 0.15) is 317 Å². The molecule has 0 aliphatic heterocycles. The predicted molar refractivity (Wildman–Crippen MR) is 266 cm³/mol. The predicted octanol–water partition coefficient (Wildman–Crippen LogP) is 18.2. The molecule has 0 rings (SSSR count). The summed E-state index contributed by atoms with van der Waals surface area (Å²) in [6.07, 6.45) is 53.7. The molecule has 368 valence electrons. The third kappa shape index (κ3) is 49.4. The molecule has 6 nitrogen and oxygen atoms in total. The number of ether oxygens (including phenoxy) is 3. The van der Waals surface area contributed by atoms with Gasteiger partial charge in [-0.05, 0) is 25.2 Å². The third-order valence-electron chi connectivity index (χ3n) is 12.8. The minimum atomic E-state index is -0.760. The molecule has 0 unspecified atom stereocenters. The smallest absolute Gasteiger partial charge is 0.306 e. The summed E-state index contributed by atoms with van der Waals surface area (Å²) in [5.41, 5.74) is 0. The standard InChI is InChI=1S/C56H108O6/c1-5-7-9-11-13-15-17-18-24-29-33-37-41-45-49-56(59)62-53(50-60-54(57)47-43-39-35-31-26-16-14-12-10-8-6-2)51-61-55(58)48-44-40-36-32-28-25-22-20-19-21-23-27-30-34-38-42-46-52(3)4/h52-53H,5-51H2,1-4H3/t53-/m1/s1. The molecule has 0 N–H and O–H groups in total. The van der Waals surface area contributed by atoms with Crippen molar-refractivity contribution in [3.8, 4) is 0 Å². The van der Waals surface area contributed by atoms with Crippen molar-refractivity contribution in [2.75, 3.05) is 13.2 Å². The molecule has 0 saturated heterocycles. The van der Waals surface area contributed by atoms with Crippen molar-refractivity contribution in [1.29, 1.82) is 0 Å². The Morgan fingerprint density at radius 1 is 0.306 bits per heavy atom. The third-order valence-corrected chi connectivity index (χ3v) is 12.8. The lowest BCUT2D eigenvalue weighted by atomic mass is 10.0. The normalized spacial score (nSPS) is 12.0. The molecule has 0 fully saturated rings. The molecule has 0 saturated carbocycles. The van der Waals surface area contributed by atoms with E-state index in [1.165, 1.54) is 212 Å². The van der Waals surface area contributed by atoms with Gasteiger partial charge >= 0.3 is 17.9 Å². The maximum atomic E-state index is 12.8. The molecule has 0 aromatic rings. The van der Waals surface area contributed by atoms with E-state index in [1.54, 1.807) is 0 Å². The number of carbonyl (C=O) groups excluding carboxylic acids is 3. The summed E-state index contributed by atoms with van der Waals surface area (Å²) in [4.78, 5) is 38.0. The first-order valence-corrected chi connectivity index (χ1v) is 27.9. The van der Waals surface area contributed by atoms with Gasteiger partial charge in [-0.2, -0.15) is 0 Å². The van der Waals surface area contributed by atoms with E-state index in [4.69, 9.17) is 14.2 Å². The van der Waals surface area contributed by atoms with Crippen LogP contribution in [-0.2, 0) is 28.6 Å². The number of carbonyl (C=O) groups is 3. The molecule has 0 amide bonds. The van der Waals surface area contributed by atoms with Gasteiger partial charge in [-0.15, -0.1) is 0 Å². The van der Waals surface area contributed by atoms with Crippen LogP contribution in [0.4, 0.5) is 0 Å². The van der Waals surface area contributed by atoms with Gasteiger partial charge in [-0.1, -0.05) is 278 Å². The highest BCUT2D eigenvalue weighted by Crippen LogP contribution is 2.18. The number of hydrogen-bond donors (Lipinski definition) is 0. The molecule has 0 aliphatic carbocycles. The highest BCUT2D eigenvalue weighted by Gasteiger charge is 2.19. The maximum absolute atomic E-state index is 12.8. The Morgan fingerprint density at radius 3 is 0.790 bits per heavy atom. The maximum Gasteiger partial charge on any atom is 0.306 e. The second-order valence-electron chi connectivity index (χ2n) is 19.7. The summed E-state index contributed by atoms with van der Waals surface area (Å²) < 4.78 is 16.8. The highest BCUT2D eigenvalue weighted by molar-refractivity contribution is 5.71. The summed E-state index contributed by atoms with van der Waals surface area (Å²) in [7, 11) is 0. The van der Waals surface area contributed by atoms with Crippen LogP contribution in [0.5, 0.6) is 0 Å². The molecular weight excluding hydrogens is 769 g/mol. The average molecular weight is 877 g/mol. The second-order valence-corrected chi connectivity index (χ2v) is 19.7. The zero-order chi connectivity index (χ0) is 45.2. The van der Waals surface area contributed by atoms with Crippen molar-refractivity contribution >= 4 is 17.9 Å². The fourth-order valence-corrected chi connectivity index (χ4v) is 8.57. The van der Waals surface area contributed by atoms with Crippen LogP contribution in [0.15, 0.2) is 0 Å². The van der Waals surface area contributed by atoms with Crippen LogP contribution in [-0.4, -0.2) is 37.2 Å². The van der Waals surface area contributed by atoms with Crippen LogP contribution in [0.3, 0.4) is 0 Å². The van der Waals surface area contributed by atoms with Crippen molar-refractivity contribution in [1.82, 2.24) is 0 Å². The van der Waals surface area contributed by atoms with Gasteiger partial charge in [0.1, 0.15) is 13.2 Å². The first kappa shape index (κ1) is 60.4. The fraction of sp³-hybridized carbons (Fsp3) is 0.946. The minimum absolute atomic E-state index is 0.0620. The lowest BCUT2D eigenvalue weighted by Gasteiger charge is -2.18. The lowest BCUT2D eigenvalue weighted by molar-refractivity contribution is -0.167. The van der Waals surface area contributed by atoms with E-state index in [9.17, 15) is 14.4 Å². The first-order chi connectivity index (χ1) is 30.4. The largest absolute Gasteiger partial charge is 0.462 e. The molecule has 0 heterocycles. The Balaban J connectivity index is 4.24. The van der Waals surface area contributed by atoms with Crippen molar-refractivity contribution in [2.24, 2.45) is 5.92 Å². The van der Waals surface area contributed by atoms with E-state index in [0.717, 1.165) is 63.7 Å². The molecular formula is C56H108O6. The van der Waals surface area contributed by atoms with Gasteiger partial charge in [-0.3, -0.25) is 14.4 Å². The zero-order valence-electron chi connectivity index (χ0n) is 42.3. The highest BCUT2D eigenvalue weighted by atomic mass is 16.6. The molecule has 0 spiro atoms. The van der Waals surface area contributed by atoms with Gasteiger partial charge in [0.15, 0.2) is 6.10 Å². The van der Waals surface area contributed by atoms with E-state index in [0.29, 0.717) is 19.3 Å². The molecule has 0 aromatic heterocycles. The van der Waals surface area contributed by atoms with E-state index < -0.39 is 6.10 Å². The fourth-order valence-electron chi connectivity index (χ4n) is 8.57. The van der Waals surface area contributed by atoms with Gasteiger partial charge in [0, 0.05) is 19.3 Å². The first-order valence-electron chi connectivity index (χ1n) is 27.9. The van der Waals surface area contributed by atoms with Crippen LogP contribution in [0, 0.1) is 5.92 Å². The SMILES string of the molecule is CCCCCCCCCCCCCCCCC(=O)O[C@H](COC(=O)CCCCCCCCCCCCC)COC(=O)CCCCCCCCCCCCCCCCCCC(C)C. The Morgan fingerprint density at radius 2 is 0.532 bits per heavy atom. The quantitative estimate of drug-likeness (QED) is 0.0344. The Bertz CT molecular complexity index is 933. The average Bonchev–Trinajstić information content (AvgIpc) is 3.26. The van der Waals surface area contributed by atoms with E-state index >= 15 is 0 Å². The van der Waals surface area contributed by atoms with Crippen LogP contribution in [0.25, 0.3) is 0 Å².